The van der Waals surface area contributed by atoms with Crippen molar-refractivity contribution < 1.29 is 0 Å². The van der Waals surface area contributed by atoms with Crippen molar-refractivity contribution in [3.8, 4) is 0 Å². The third kappa shape index (κ3) is 4.69. The third-order valence-electron chi connectivity index (χ3n) is 3.93. The van der Waals surface area contributed by atoms with Crippen LogP contribution in [0, 0.1) is 0 Å². The first-order chi connectivity index (χ1) is 9.85. The van der Waals surface area contributed by atoms with Crippen molar-refractivity contribution in [3.05, 3.63) is 35.9 Å². The van der Waals surface area contributed by atoms with E-state index in [-0.39, 0.29) is 0 Å². The molecule has 2 rings (SSSR count). The molecule has 0 aromatic heterocycles. The third-order valence-corrected chi connectivity index (χ3v) is 7.34. The van der Waals surface area contributed by atoms with E-state index in [0.717, 1.165) is 11.7 Å². The van der Waals surface area contributed by atoms with Crippen LogP contribution in [0.3, 0.4) is 0 Å². The molecule has 1 saturated heterocycles. The molecule has 0 radical (unpaired) electrons. The van der Waals surface area contributed by atoms with Gasteiger partial charge in [-0.25, -0.2) is 0 Å². The predicted molar refractivity (Wildman–Crippen MR) is 93.3 cm³/mol. The van der Waals surface area contributed by atoms with Crippen LogP contribution < -0.4 is 11.3 Å². The Morgan fingerprint density at radius 1 is 1.25 bits per heavy atom. The van der Waals surface area contributed by atoms with Crippen molar-refractivity contribution >= 4 is 23.5 Å². The van der Waals surface area contributed by atoms with Crippen LogP contribution in [-0.4, -0.2) is 28.0 Å². The first-order valence-electron chi connectivity index (χ1n) is 7.58. The number of nitrogens with two attached hydrogens (primary N) is 1. The molecule has 3 unspecified atom stereocenters. The van der Waals surface area contributed by atoms with Crippen LogP contribution in [0.4, 0.5) is 0 Å². The normalized spacial score (nSPS) is 24.5. The van der Waals surface area contributed by atoms with Crippen LogP contribution in [0.2, 0.25) is 0 Å². The Bertz CT molecular complexity index is 372. The maximum atomic E-state index is 5.83. The molecule has 1 aliphatic rings. The fourth-order valence-electron chi connectivity index (χ4n) is 2.82. The minimum atomic E-state index is 0.446. The summed E-state index contributed by atoms with van der Waals surface area (Å²) in [4.78, 5) is 0. The predicted octanol–water partition coefficient (Wildman–Crippen LogP) is 3.47. The summed E-state index contributed by atoms with van der Waals surface area (Å²) < 4.78 is 0. The smallest absolute Gasteiger partial charge is 0.0340 e. The van der Waals surface area contributed by atoms with E-state index in [2.05, 4.69) is 66.2 Å². The summed E-state index contributed by atoms with van der Waals surface area (Å²) in [5.74, 6) is 8.39. The van der Waals surface area contributed by atoms with Crippen LogP contribution in [-0.2, 0) is 6.42 Å². The fourth-order valence-corrected chi connectivity index (χ4v) is 6.11. The second-order valence-electron chi connectivity index (χ2n) is 5.30. The molecular formula is C16H26N2S2. The summed E-state index contributed by atoms with van der Waals surface area (Å²) in [7, 11) is 0. The monoisotopic (exact) mass is 310 g/mol. The molecule has 0 bridgehead atoms. The lowest BCUT2D eigenvalue weighted by molar-refractivity contribution is 0.452. The largest absolute Gasteiger partial charge is 0.271 e. The van der Waals surface area contributed by atoms with Gasteiger partial charge in [0.15, 0.2) is 0 Å². The molecule has 1 aromatic carbocycles. The van der Waals surface area contributed by atoms with Gasteiger partial charge in [-0.3, -0.25) is 11.3 Å². The molecular weight excluding hydrogens is 284 g/mol. The van der Waals surface area contributed by atoms with Gasteiger partial charge in [0.25, 0.3) is 0 Å². The van der Waals surface area contributed by atoms with E-state index < -0.39 is 0 Å². The fraction of sp³-hybridized carbons (Fsp3) is 0.625. The van der Waals surface area contributed by atoms with Gasteiger partial charge in [0.1, 0.15) is 0 Å². The number of nitrogens with one attached hydrogen (secondary N) is 1. The Morgan fingerprint density at radius 3 is 2.70 bits per heavy atom. The molecule has 1 fully saturated rings. The number of hydrazine groups is 1. The van der Waals surface area contributed by atoms with Gasteiger partial charge in [-0.1, -0.05) is 37.3 Å². The van der Waals surface area contributed by atoms with Gasteiger partial charge in [-0.05, 0) is 31.2 Å². The molecule has 0 saturated carbocycles. The van der Waals surface area contributed by atoms with Gasteiger partial charge in [-0.2, -0.15) is 23.5 Å². The van der Waals surface area contributed by atoms with Crippen molar-refractivity contribution in [1.82, 2.24) is 5.43 Å². The van der Waals surface area contributed by atoms with Crippen LogP contribution >= 0.6 is 23.5 Å². The average Bonchev–Trinajstić information content (AvgIpc) is 2.53. The quantitative estimate of drug-likeness (QED) is 0.597. The van der Waals surface area contributed by atoms with Gasteiger partial charge in [0.05, 0.1) is 0 Å². The van der Waals surface area contributed by atoms with Gasteiger partial charge in [-0.15, -0.1) is 0 Å². The maximum absolute atomic E-state index is 5.83. The molecule has 112 valence electrons. The van der Waals surface area contributed by atoms with Gasteiger partial charge >= 0.3 is 0 Å². The van der Waals surface area contributed by atoms with E-state index in [1.807, 2.05) is 0 Å². The number of benzene rings is 1. The molecule has 0 aliphatic carbocycles. The highest BCUT2D eigenvalue weighted by molar-refractivity contribution is 8.07. The first kappa shape index (κ1) is 16.2. The van der Waals surface area contributed by atoms with E-state index >= 15 is 0 Å². The molecule has 0 amide bonds. The Hall–Kier alpha value is -0.160. The Labute approximate surface area is 131 Å². The SMILES string of the molecule is CCC1SCCSC1C(CCCc1ccccc1)NN. The average molecular weight is 311 g/mol. The standard InChI is InChI=1S/C16H26N2S2/c1-2-15-16(20-12-11-19-15)14(18-17)10-6-9-13-7-4-3-5-8-13/h3-5,7-8,14-16,18H,2,6,9-12,17H2,1H3. The molecule has 1 aliphatic heterocycles. The molecule has 1 aromatic rings. The second kappa shape index (κ2) is 8.98. The maximum Gasteiger partial charge on any atom is 0.0340 e. The van der Waals surface area contributed by atoms with Crippen molar-refractivity contribution in [3.63, 3.8) is 0 Å². The van der Waals surface area contributed by atoms with Crippen LogP contribution in [0.15, 0.2) is 30.3 Å². The molecule has 1 heterocycles. The van der Waals surface area contributed by atoms with Gasteiger partial charge in [0.2, 0.25) is 0 Å². The zero-order chi connectivity index (χ0) is 14.2. The van der Waals surface area contributed by atoms with Gasteiger partial charge in [0, 0.05) is 28.0 Å². The second-order valence-corrected chi connectivity index (χ2v) is 7.94. The lowest BCUT2D eigenvalue weighted by Gasteiger charge is -2.35. The Balaban J connectivity index is 1.82. The Kier molecular flexibility index (Phi) is 7.28. The first-order valence-corrected chi connectivity index (χ1v) is 9.68. The van der Waals surface area contributed by atoms with Crippen LogP contribution in [0.25, 0.3) is 0 Å². The van der Waals surface area contributed by atoms with Crippen molar-refractivity contribution in [2.45, 2.75) is 49.1 Å². The van der Waals surface area contributed by atoms with E-state index in [4.69, 9.17) is 5.84 Å². The van der Waals surface area contributed by atoms with Crippen LogP contribution in [0.5, 0.6) is 0 Å². The summed E-state index contributed by atoms with van der Waals surface area (Å²) in [6, 6.07) is 11.2. The minimum Gasteiger partial charge on any atom is -0.271 e. The minimum absolute atomic E-state index is 0.446. The number of hydrogen-bond acceptors (Lipinski definition) is 4. The zero-order valence-electron chi connectivity index (χ0n) is 12.3. The molecule has 2 nitrogen and oxygen atoms in total. The topological polar surface area (TPSA) is 38.0 Å². The van der Waals surface area contributed by atoms with Gasteiger partial charge < -0.3 is 0 Å². The van der Waals surface area contributed by atoms with E-state index in [9.17, 15) is 0 Å². The highest BCUT2D eigenvalue weighted by Crippen LogP contribution is 2.36. The highest BCUT2D eigenvalue weighted by Gasteiger charge is 2.31. The molecule has 4 heteroatoms. The lowest BCUT2D eigenvalue weighted by atomic mass is 10.0. The Morgan fingerprint density at radius 2 is 2.00 bits per heavy atom. The summed E-state index contributed by atoms with van der Waals surface area (Å²) in [5.41, 5.74) is 4.52. The molecule has 3 atom stereocenters. The van der Waals surface area contributed by atoms with Crippen molar-refractivity contribution in [2.75, 3.05) is 11.5 Å². The van der Waals surface area contributed by atoms with Crippen molar-refractivity contribution in [1.29, 1.82) is 0 Å². The van der Waals surface area contributed by atoms with E-state index in [0.29, 0.717) is 11.3 Å². The lowest BCUT2D eigenvalue weighted by Crippen LogP contribution is -2.48. The number of aryl methyl sites for hydroxylation is 1. The molecule has 0 spiro atoms. The highest BCUT2D eigenvalue weighted by atomic mass is 32.2. The van der Waals surface area contributed by atoms with E-state index in [1.54, 1.807) is 0 Å². The number of rotatable bonds is 7. The number of thioether (sulfide) groups is 2. The summed E-state index contributed by atoms with van der Waals surface area (Å²) in [6.45, 7) is 2.30. The zero-order valence-corrected chi connectivity index (χ0v) is 13.9. The van der Waals surface area contributed by atoms with Crippen molar-refractivity contribution in [2.24, 2.45) is 5.84 Å². The summed E-state index contributed by atoms with van der Waals surface area (Å²) >= 11 is 4.24. The number of hydrogen-bond donors (Lipinski definition) is 2. The van der Waals surface area contributed by atoms with Crippen LogP contribution in [0.1, 0.15) is 31.7 Å². The molecule has 20 heavy (non-hydrogen) atoms. The van der Waals surface area contributed by atoms with E-state index in [1.165, 1.54) is 36.3 Å². The molecule has 3 N–H and O–H groups in total. The summed E-state index contributed by atoms with van der Waals surface area (Å²) in [5, 5.41) is 1.42. The summed E-state index contributed by atoms with van der Waals surface area (Å²) in [6.07, 6.45) is 4.77.